The standard InChI is InChI=1S/C34H30F3N5O4/c1-46-27-18-10-17-26(39-27)42-25-16-9-8-15-23(25)29(22-13-6-3-7-14-22)40-31(33(42)45)41-32(44)24(19-20-34(35,36)37)28(30(38)43)21-11-4-2-5-12-21/h2-18,24,28,31H,19-20H2,1H3,(H2,38,43)(H,41,44)/t24-,28+,31-/m1/s1. The molecule has 0 aliphatic carbocycles. The first-order chi connectivity index (χ1) is 22.1. The van der Waals surface area contributed by atoms with E-state index in [1.165, 1.54) is 24.1 Å². The highest BCUT2D eigenvalue weighted by Gasteiger charge is 2.41. The minimum Gasteiger partial charge on any atom is -0.481 e. The summed E-state index contributed by atoms with van der Waals surface area (Å²) in [6.45, 7) is 0. The molecule has 9 nitrogen and oxygen atoms in total. The van der Waals surface area contributed by atoms with Gasteiger partial charge in [0.2, 0.25) is 23.9 Å². The number of nitrogens with one attached hydrogen (secondary N) is 1. The van der Waals surface area contributed by atoms with Crippen molar-refractivity contribution in [3.05, 3.63) is 120 Å². The zero-order valence-electron chi connectivity index (χ0n) is 24.6. The van der Waals surface area contributed by atoms with E-state index in [1.807, 2.05) is 6.07 Å². The molecule has 0 bridgehead atoms. The number of rotatable bonds is 10. The number of primary amides is 1. The Hall–Kier alpha value is -5.52. The van der Waals surface area contributed by atoms with E-state index in [0.717, 1.165) is 0 Å². The topological polar surface area (TPSA) is 127 Å². The summed E-state index contributed by atoms with van der Waals surface area (Å²) in [4.78, 5) is 51.5. The van der Waals surface area contributed by atoms with Crippen LogP contribution in [0.5, 0.6) is 5.88 Å². The number of fused-ring (bicyclic) bond motifs is 1. The number of nitrogens with two attached hydrogens (primary N) is 1. The second kappa shape index (κ2) is 13.6. The van der Waals surface area contributed by atoms with Gasteiger partial charge in [0, 0.05) is 23.6 Å². The molecule has 12 heteroatoms. The highest BCUT2D eigenvalue weighted by atomic mass is 19.4. The third kappa shape index (κ3) is 7.06. The van der Waals surface area contributed by atoms with Gasteiger partial charge in [0.15, 0.2) is 0 Å². The maximum absolute atomic E-state index is 14.4. The van der Waals surface area contributed by atoms with E-state index in [-0.39, 0.29) is 17.3 Å². The van der Waals surface area contributed by atoms with Crippen molar-refractivity contribution in [3.8, 4) is 5.88 Å². The zero-order chi connectivity index (χ0) is 32.8. The van der Waals surface area contributed by atoms with E-state index in [1.54, 1.807) is 84.9 Å². The van der Waals surface area contributed by atoms with Crippen LogP contribution >= 0.6 is 0 Å². The maximum Gasteiger partial charge on any atom is 0.389 e. The molecule has 46 heavy (non-hydrogen) atoms. The molecule has 3 aromatic carbocycles. The van der Waals surface area contributed by atoms with Crippen molar-refractivity contribution >= 4 is 34.9 Å². The van der Waals surface area contributed by atoms with Crippen LogP contribution in [-0.4, -0.2) is 47.9 Å². The van der Waals surface area contributed by atoms with E-state index in [9.17, 15) is 27.6 Å². The van der Waals surface area contributed by atoms with Crippen LogP contribution in [0.3, 0.4) is 0 Å². The highest BCUT2D eigenvalue weighted by Crippen LogP contribution is 2.36. The number of para-hydroxylation sites is 1. The van der Waals surface area contributed by atoms with E-state index in [0.29, 0.717) is 22.5 Å². The Bertz CT molecular complexity index is 1750. The lowest BCUT2D eigenvalue weighted by atomic mass is 9.81. The molecule has 0 unspecified atom stereocenters. The number of methoxy groups -OCH3 is 1. The van der Waals surface area contributed by atoms with Crippen LogP contribution in [0.25, 0.3) is 0 Å². The summed E-state index contributed by atoms with van der Waals surface area (Å²) in [7, 11) is 1.42. The number of benzodiazepines with no additional fused rings is 1. The van der Waals surface area contributed by atoms with Gasteiger partial charge in [0.25, 0.3) is 5.91 Å². The van der Waals surface area contributed by atoms with Crippen LogP contribution in [0.15, 0.2) is 108 Å². The third-order valence-electron chi connectivity index (χ3n) is 7.53. The summed E-state index contributed by atoms with van der Waals surface area (Å²) in [6, 6.07) is 28.6. The number of amides is 3. The second-order valence-corrected chi connectivity index (χ2v) is 10.5. The van der Waals surface area contributed by atoms with Crippen LogP contribution in [0, 0.1) is 5.92 Å². The van der Waals surface area contributed by atoms with Gasteiger partial charge in [-0.3, -0.25) is 19.3 Å². The molecule has 3 atom stereocenters. The molecule has 5 rings (SSSR count). The summed E-state index contributed by atoms with van der Waals surface area (Å²) in [6.07, 6.45) is -8.36. The molecule has 0 fully saturated rings. The quantitative estimate of drug-likeness (QED) is 0.247. The Balaban J connectivity index is 1.63. The molecular formula is C34H30F3N5O4. The summed E-state index contributed by atoms with van der Waals surface area (Å²) in [5, 5.41) is 2.56. The molecule has 1 aliphatic rings. The van der Waals surface area contributed by atoms with E-state index in [2.05, 4.69) is 10.3 Å². The number of nitrogens with zero attached hydrogens (tertiary/aromatic N) is 3. The summed E-state index contributed by atoms with van der Waals surface area (Å²) in [5.41, 5.74) is 7.87. The first kappa shape index (κ1) is 31.9. The molecular weight excluding hydrogens is 599 g/mol. The van der Waals surface area contributed by atoms with Gasteiger partial charge in [0.1, 0.15) is 5.82 Å². The van der Waals surface area contributed by atoms with Crippen molar-refractivity contribution in [2.45, 2.75) is 31.1 Å². The van der Waals surface area contributed by atoms with Crippen LogP contribution < -0.4 is 20.7 Å². The summed E-state index contributed by atoms with van der Waals surface area (Å²) in [5.74, 6) is -5.31. The molecule has 1 aliphatic heterocycles. The number of hydrogen-bond donors (Lipinski definition) is 2. The van der Waals surface area contributed by atoms with E-state index < -0.39 is 54.7 Å². The fourth-order valence-electron chi connectivity index (χ4n) is 5.43. The Labute approximate surface area is 262 Å². The summed E-state index contributed by atoms with van der Waals surface area (Å²) >= 11 is 0. The van der Waals surface area contributed by atoms with Gasteiger partial charge in [-0.15, -0.1) is 0 Å². The first-order valence-electron chi connectivity index (χ1n) is 14.4. The van der Waals surface area contributed by atoms with Gasteiger partial charge in [-0.25, -0.2) is 4.99 Å². The van der Waals surface area contributed by atoms with Gasteiger partial charge in [-0.2, -0.15) is 18.2 Å². The molecule has 236 valence electrons. The van der Waals surface area contributed by atoms with Gasteiger partial charge in [-0.05, 0) is 24.1 Å². The molecule has 0 radical (unpaired) electrons. The molecule has 2 heterocycles. The Kier molecular flexibility index (Phi) is 9.45. The predicted molar refractivity (Wildman–Crippen MR) is 166 cm³/mol. The average molecular weight is 630 g/mol. The van der Waals surface area contributed by atoms with Crippen molar-refractivity contribution in [1.82, 2.24) is 10.3 Å². The number of pyridine rings is 1. The lowest BCUT2D eigenvalue weighted by Gasteiger charge is -2.28. The van der Waals surface area contributed by atoms with Crippen molar-refractivity contribution in [2.24, 2.45) is 16.6 Å². The number of alkyl halides is 3. The minimum absolute atomic E-state index is 0.161. The monoisotopic (exact) mass is 629 g/mol. The molecule has 3 amide bonds. The van der Waals surface area contributed by atoms with Crippen LogP contribution in [0.4, 0.5) is 24.7 Å². The number of ether oxygens (including phenoxy) is 1. The van der Waals surface area contributed by atoms with Crippen molar-refractivity contribution in [1.29, 1.82) is 0 Å². The van der Waals surface area contributed by atoms with Gasteiger partial charge in [-0.1, -0.05) is 84.9 Å². The molecule has 3 N–H and O–H groups in total. The van der Waals surface area contributed by atoms with Crippen molar-refractivity contribution in [3.63, 3.8) is 0 Å². The van der Waals surface area contributed by atoms with Gasteiger partial charge in [0.05, 0.1) is 30.3 Å². The SMILES string of the molecule is COc1cccc(N2C(=O)[C@@H](NC(=O)[C@H](CCC(F)(F)F)[C@@H](C(N)=O)c3ccccc3)N=C(c3ccccc3)c3ccccc32)n1. The number of carbonyl (C=O) groups excluding carboxylic acids is 3. The number of carbonyl (C=O) groups is 3. The number of halogens is 3. The zero-order valence-corrected chi connectivity index (χ0v) is 24.6. The largest absolute Gasteiger partial charge is 0.481 e. The Morgan fingerprint density at radius 3 is 2.24 bits per heavy atom. The Morgan fingerprint density at radius 2 is 1.59 bits per heavy atom. The first-order valence-corrected chi connectivity index (χ1v) is 14.4. The van der Waals surface area contributed by atoms with Gasteiger partial charge >= 0.3 is 6.18 Å². The molecule has 0 spiro atoms. The van der Waals surface area contributed by atoms with Crippen LogP contribution in [0.2, 0.25) is 0 Å². The second-order valence-electron chi connectivity index (χ2n) is 10.5. The lowest BCUT2D eigenvalue weighted by Crippen LogP contribution is -2.49. The maximum atomic E-state index is 14.4. The smallest absolute Gasteiger partial charge is 0.389 e. The summed E-state index contributed by atoms with van der Waals surface area (Å²) < 4.78 is 45.7. The molecule has 4 aromatic rings. The molecule has 0 saturated carbocycles. The number of aromatic nitrogens is 1. The molecule has 0 saturated heterocycles. The lowest BCUT2D eigenvalue weighted by molar-refractivity contribution is -0.144. The van der Waals surface area contributed by atoms with Crippen molar-refractivity contribution in [2.75, 3.05) is 12.0 Å². The third-order valence-corrected chi connectivity index (χ3v) is 7.53. The number of benzene rings is 3. The van der Waals surface area contributed by atoms with Crippen LogP contribution in [0.1, 0.15) is 35.4 Å². The number of hydrogen-bond acceptors (Lipinski definition) is 6. The molecule has 1 aromatic heterocycles. The van der Waals surface area contributed by atoms with E-state index >= 15 is 0 Å². The van der Waals surface area contributed by atoms with Crippen molar-refractivity contribution < 1.29 is 32.3 Å². The Morgan fingerprint density at radius 1 is 0.935 bits per heavy atom. The normalized spacial score (nSPS) is 16.0. The van der Waals surface area contributed by atoms with Crippen LogP contribution in [-0.2, 0) is 14.4 Å². The average Bonchev–Trinajstić information content (AvgIpc) is 3.17. The van der Waals surface area contributed by atoms with Gasteiger partial charge < -0.3 is 15.8 Å². The fraction of sp³-hybridized carbons (Fsp3) is 0.206. The predicted octanol–water partition coefficient (Wildman–Crippen LogP) is 5.28. The minimum atomic E-state index is -4.62. The number of anilines is 2. The highest BCUT2D eigenvalue weighted by molar-refractivity contribution is 6.21. The number of aliphatic imine (C=N–C) groups is 1. The fourth-order valence-corrected chi connectivity index (χ4v) is 5.43. The van der Waals surface area contributed by atoms with E-state index in [4.69, 9.17) is 15.5 Å².